The molecule has 0 spiro atoms. The van der Waals surface area contributed by atoms with Crippen LogP contribution >= 0.6 is 0 Å². The zero-order valence-corrected chi connectivity index (χ0v) is 14.7. The van der Waals surface area contributed by atoms with E-state index in [9.17, 15) is 9.59 Å². The molecule has 1 heterocycles. The highest BCUT2D eigenvalue weighted by atomic mass is 16.5. The van der Waals surface area contributed by atoms with E-state index < -0.39 is 0 Å². The van der Waals surface area contributed by atoms with Crippen molar-refractivity contribution in [2.24, 2.45) is 15.8 Å². The lowest BCUT2D eigenvalue weighted by molar-refractivity contribution is -0.129. The molecule has 0 aromatic carbocycles. The van der Waals surface area contributed by atoms with Gasteiger partial charge in [-0.05, 0) is 31.6 Å². The van der Waals surface area contributed by atoms with Gasteiger partial charge in [-0.3, -0.25) is 19.8 Å². The van der Waals surface area contributed by atoms with Crippen LogP contribution in [-0.2, 0) is 9.59 Å². The van der Waals surface area contributed by atoms with Gasteiger partial charge in [-0.15, -0.1) is 0 Å². The molecule has 1 amide bonds. The molecule has 1 aliphatic carbocycles. The van der Waals surface area contributed by atoms with Crippen molar-refractivity contribution in [1.29, 1.82) is 0 Å². The maximum atomic E-state index is 12.7. The predicted octanol–water partition coefficient (Wildman–Crippen LogP) is 3.57. The average molecular weight is 320 g/mol. The quantitative estimate of drug-likeness (QED) is 0.446. The molecule has 0 bridgehead atoms. The largest absolute Gasteiger partial charge is 0.294 e. The number of aliphatic imine (C=N–C) groups is 1. The molecule has 5 nitrogen and oxygen atoms in total. The van der Waals surface area contributed by atoms with Gasteiger partial charge in [0.25, 0.3) is 0 Å². The molecule has 1 unspecified atom stereocenters. The molecular weight excluding hydrogens is 292 g/mol. The minimum Gasteiger partial charge on any atom is -0.294 e. The van der Waals surface area contributed by atoms with E-state index in [-0.39, 0.29) is 22.5 Å². The summed E-state index contributed by atoms with van der Waals surface area (Å²) in [6.45, 7) is 8.41. The maximum Gasteiger partial charge on any atom is 0.243 e. The van der Waals surface area contributed by atoms with Crippen LogP contribution in [0.3, 0.4) is 0 Å². The Hall–Kier alpha value is -1.49. The van der Waals surface area contributed by atoms with E-state index >= 15 is 0 Å². The first-order chi connectivity index (χ1) is 10.7. The summed E-state index contributed by atoms with van der Waals surface area (Å²) in [5.41, 5.74) is 4.37. The molecule has 0 aromatic heterocycles. The standard InChI is InChI=1S/C18H28N2O3/c1-12-18(4,9-7-5-6-8-15(22)20-23)16-13(19-12)10-17(2,3)11-14(16)21/h23H,5-11H2,1-4H3,(H,20,22). The first-order valence-electron chi connectivity index (χ1n) is 8.45. The van der Waals surface area contributed by atoms with E-state index in [4.69, 9.17) is 10.2 Å². The number of ketones is 1. The number of carbonyl (C=O) groups excluding carboxylic acids is 2. The summed E-state index contributed by atoms with van der Waals surface area (Å²) >= 11 is 0. The molecule has 2 N–H and O–H groups in total. The van der Waals surface area contributed by atoms with Gasteiger partial charge in [0.05, 0.1) is 0 Å². The van der Waals surface area contributed by atoms with Crippen molar-refractivity contribution >= 4 is 17.4 Å². The van der Waals surface area contributed by atoms with Gasteiger partial charge in [0.1, 0.15) is 0 Å². The summed E-state index contributed by atoms with van der Waals surface area (Å²) in [5, 5.41) is 8.48. The number of hydrogen-bond donors (Lipinski definition) is 2. The van der Waals surface area contributed by atoms with Gasteiger partial charge in [0.15, 0.2) is 5.78 Å². The Labute approximate surface area is 138 Å². The maximum absolute atomic E-state index is 12.7. The van der Waals surface area contributed by atoms with Crippen molar-refractivity contribution in [1.82, 2.24) is 5.48 Å². The number of unbranched alkanes of at least 4 members (excludes halogenated alkanes) is 2. The molecule has 23 heavy (non-hydrogen) atoms. The Bertz CT molecular complexity index is 575. The summed E-state index contributed by atoms with van der Waals surface area (Å²) in [6.07, 6.45) is 5.27. The van der Waals surface area contributed by atoms with Gasteiger partial charge in [-0.2, -0.15) is 0 Å². The number of hydroxylamine groups is 1. The number of Topliss-reactive ketones (excluding diaryl/α,β-unsaturated/α-hetero) is 1. The van der Waals surface area contributed by atoms with Gasteiger partial charge < -0.3 is 0 Å². The second kappa shape index (κ2) is 6.56. The van der Waals surface area contributed by atoms with E-state index in [2.05, 4.69) is 20.8 Å². The Kier molecular flexibility index (Phi) is 5.09. The minimum atomic E-state index is -0.343. The number of carbonyl (C=O) groups is 2. The van der Waals surface area contributed by atoms with Crippen molar-refractivity contribution in [3.05, 3.63) is 11.3 Å². The molecule has 0 aromatic rings. The van der Waals surface area contributed by atoms with Crippen LogP contribution in [0.15, 0.2) is 16.3 Å². The zero-order valence-electron chi connectivity index (χ0n) is 14.7. The lowest BCUT2D eigenvalue weighted by Gasteiger charge is -2.34. The van der Waals surface area contributed by atoms with Gasteiger partial charge in [-0.1, -0.05) is 33.6 Å². The molecule has 2 rings (SSSR count). The van der Waals surface area contributed by atoms with E-state index in [1.807, 2.05) is 6.92 Å². The highest BCUT2D eigenvalue weighted by Crippen LogP contribution is 2.50. The first-order valence-corrected chi connectivity index (χ1v) is 8.45. The van der Waals surface area contributed by atoms with Gasteiger partial charge >= 0.3 is 0 Å². The van der Waals surface area contributed by atoms with E-state index in [0.717, 1.165) is 49.1 Å². The Morgan fingerprint density at radius 3 is 2.57 bits per heavy atom. The summed E-state index contributed by atoms with van der Waals surface area (Å²) in [4.78, 5) is 28.4. The number of hydrogen-bond acceptors (Lipinski definition) is 4. The zero-order chi connectivity index (χ0) is 17.3. The van der Waals surface area contributed by atoms with Crippen LogP contribution in [0, 0.1) is 10.8 Å². The van der Waals surface area contributed by atoms with Crippen molar-refractivity contribution in [3.8, 4) is 0 Å². The SMILES string of the molecule is CC1=NC2=C(C(=O)CC(C)(C)C2)C1(C)CCCCCC(=O)NO. The molecule has 1 aliphatic heterocycles. The van der Waals surface area contributed by atoms with E-state index in [0.29, 0.717) is 12.8 Å². The molecule has 5 heteroatoms. The number of nitrogens with zero attached hydrogens (tertiary/aromatic N) is 1. The van der Waals surface area contributed by atoms with Crippen molar-refractivity contribution in [3.63, 3.8) is 0 Å². The Morgan fingerprint density at radius 1 is 1.22 bits per heavy atom. The fourth-order valence-corrected chi connectivity index (χ4v) is 3.82. The third-order valence-corrected chi connectivity index (χ3v) is 5.21. The molecule has 0 radical (unpaired) electrons. The van der Waals surface area contributed by atoms with Crippen molar-refractivity contribution < 1.29 is 14.8 Å². The van der Waals surface area contributed by atoms with Crippen LogP contribution in [0.1, 0.15) is 72.6 Å². The van der Waals surface area contributed by atoms with Crippen LogP contribution in [0.2, 0.25) is 0 Å². The molecule has 0 fully saturated rings. The monoisotopic (exact) mass is 320 g/mol. The molecule has 128 valence electrons. The van der Waals surface area contributed by atoms with Gasteiger partial charge in [0, 0.05) is 35.2 Å². The fraction of sp³-hybridized carbons (Fsp3) is 0.722. The smallest absolute Gasteiger partial charge is 0.243 e. The average Bonchev–Trinajstić information content (AvgIpc) is 2.68. The fourth-order valence-electron chi connectivity index (χ4n) is 3.82. The highest BCUT2D eigenvalue weighted by Gasteiger charge is 2.46. The Morgan fingerprint density at radius 2 is 1.91 bits per heavy atom. The number of rotatable bonds is 6. The van der Waals surface area contributed by atoms with Crippen LogP contribution < -0.4 is 5.48 Å². The van der Waals surface area contributed by atoms with Crippen molar-refractivity contribution in [2.45, 2.75) is 72.6 Å². The van der Waals surface area contributed by atoms with Crippen molar-refractivity contribution in [2.75, 3.05) is 0 Å². The minimum absolute atomic E-state index is 0.00258. The third-order valence-electron chi connectivity index (χ3n) is 5.21. The van der Waals surface area contributed by atoms with Gasteiger partial charge in [-0.25, -0.2) is 5.48 Å². The summed E-state index contributed by atoms with van der Waals surface area (Å²) in [6, 6.07) is 0. The second-order valence-corrected chi connectivity index (χ2v) is 7.89. The molecular formula is C18H28N2O3. The highest BCUT2D eigenvalue weighted by molar-refractivity contribution is 6.09. The van der Waals surface area contributed by atoms with Crippen LogP contribution in [0.25, 0.3) is 0 Å². The lowest BCUT2D eigenvalue weighted by Crippen LogP contribution is -2.33. The normalized spacial score (nSPS) is 26.1. The Balaban J connectivity index is 2.00. The molecule has 0 saturated heterocycles. The van der Waals surface area contributed by atoms with E-state index in [1.165, 1.54) is 0 Å². The van der Waals surface area contributed by atoms with Crippen LogP contribution in [0.5, 0.6) is 0 Å². The topological polar surface area (TPSA) is 78.8 Å². The predicted molar refractivity (Wildman–Crippen MR) is 89.3 cm³/mol. The number of allylic oxidation sites excluding steroid dienone is 2. The number of nitrogens with one attached hydrogen (secondary N) is 1. The first kappa shape index (κ1) is 17.9. The lowest BCUT2D eigenvalue weighted by atomic mass is 9.67. The molecule has 2 aliphatic rings. The van der Waals surface area contributed by atoms with Crippen LogP contribution in [0.4, 0.5) is 0 Å². The van der Waals surface area contributed by atoms with Gasteiger partial charge in [0.2, 0.25) is 5.91 Å². The summed E-state index contributed by atoms with van der Waals surface area (Å²) in [5.74, 6) is -0.0940. The second-order valence-electron chi connectivity index (χ2n) is 7.89. The third kappa shape index (κ3) is 3.71. The van der Waals surface area contributed by atoms with Crippen LogP contribution in [-0.4, -0.2) is 22.6 Å². The molecule has 1 atom stereocenters. The summed E-state index contributed by atoms with van der Waals surface area (Å²) in [7, 11) is 0. The number of amides is 1. The summed E-state index contributed by atoms with van der Waals surface area (Å²) < 4.78 is 0. The molecule has 0 saturated carbocycles. The van der Waals surface area contributed by atoms with E-state index in [1.54, 1.807) is 5.48 Å².